The standard InChI is InChI=1S/C27H29N3O3S/c1-7-29-22-14-23(33-6)18(12-19(22)17(3)15-27(29,4)5)13-20-24(31)28-26(34)30(25(20)32)21-11-9-8-10-16(21)2/h8-15H,7H2,1-6H3,(H,28,31,34)/b20-13-. The Balaban J connectivity index is 1.84. The summed E-state index contributed by atoms with van der Waals surface area (Å²) in [5.41, 5.74) is 5.27. The number of nitrogens with one attached hydrogen (secondary N) is 1. The van der Waals surface area contributed by atoms with Crippen molar-refractivity contribution < 1.29 is 14.3 Å². The molecule has 1 N–H and O–H groups in total. The van der Waals surface area contributed by atoms with E-state index in [1.165, 1.54) is 4.90 Å². The van der Waals surface area contributed by atoms with Crippen molar-refractivity contribution in [3.05, 3.63) is 64.7 Å². The first-order valence-electron chi connectivity index (χ1n) is 11.3. The van der Waals surface area contributed by atoms with Gasteiger partial charge in [0.25, 0.3) is 11.8 Å². The average Bonchev–Trinajstić information content (AvgIpc) is 2.77. The number of benzene rings is 2. The van der Waals surface area contributed by atoms with E-state index in [1.54, 1.807) is 13.2 Å². The number of para-hydroxylation sites is 1. The third-order valence-corrected chi connectivity index (χ3v) is 6.69. The Labute approximate surface area is 205 Å². The van der Waals surface area contributed by atoms with Crippen molar-refractivity contribution in [2.24, 2.45) is 0 Å². The third-order valence-electron chi connectivity index (χ3n) is 6.40. The molecular weight excluding hydrogens is 446 g/mol. The summed E-state index contributed by atoms with van der Waals surface area (Å²) in [6.45, 7) is 11.3. The molecule has 7 heteroatoms. The SMILES string of the molecule is CCN1c2cc(OC)c(/C=C3/C(=O)NC(=S)N(c4ccccc4C)C3=O)cc2C(C)=CC1(C)C. The lowest BCUT2D eigenvalue weighted by atomic mass is 9.87. The van der Waals surface area contributed by atoms with Crippen molar-refractivity contribution in [1.82, 2.24) is 5.32 Å². The number of methoxy groups -OCH3 is 1. The molecule has 2 aliphatic heterocycles. The highest BCUT2D eigenvalue weighted by atomic mass is 32.1. The Bertz CT molecular complexity index is 1280. The first-order valence-corrected chi connectivity index (χ1v) is 11.7. The van der Waals surface area contributed by atoms with Gasteiger partial charge in [0.2, 0.25) is 0 Å². The monoisotopic (exact) mass is 475 g/mol. The van der Waals surface area contributed by atoms with Crippen LogP contribution in [0.4, 0.5) is 11.4 Å². The van der Waals surface area contributed by atoms with Gasteiger partial charge in [-0.1, -0.05) is 24.3 Å². The van der Waals surface area contributed by atoms with E-state index in [-0.39, 0.29) is 16.2 Å². The van der Waals surface area contributed by atoms with Gasteiger partial charge in [-0.15, -0.1) is 0 Å². The number of rotatable bonds is 4. The minimum absolute atomic E-state index is 0.000206. The smallest absolute Gasteiger partial charge is 0.270 e. The van der Waals surface area contributed by atoms with Crippen LogP contribution in [-0.2, 0) is 9.59 Å². The molecule has 2 heterocycles. The molecule has 176 valence electrons. The van der Waals surface area contributed by atoms with Crippen LogP contribution in [0.3, 0.4) is 0 Å². The molecule has 0 aromatic heterocycles. The predicted molar refractivity (Wildman–Crippen MR) is 141 cm³/mol. The van der Waals surface area contributed by atoms with E-state index in [0.29, 0.717) is 17.0 Å². The number of fused-ring (bicyclic) bond motifs is 1. The fraction of sp³-hybridized carbons (Fsp3) is 0.296. The Morgan fingerprint density at radius 3 is 2.47 bits per heavy atom. The molecule has 0 bridgehead atoms. The van der Waals surface area contributed by atoms with Gasteiger partial charge in [-0.05, 0) is 76.2 Å². The fourth-order valence-corrected chi connectivity index (χ4v) is 5.11. The van der Waals surface area contributed by atoms with Gasteiger partial charge in [-0.3, -0.25) is 19.8 Å². The van der Waals surface area contributed by atoms with Crippen molar-refractivity contribution in [2.75, 3.05) is 23.5 Å². The second-order valence-corrected chi connectivity index (χ2v) is 9.47. The summed E-state index contributed by atoms with van der Waals surface area (Å²) >= 11 is 5.34. The first-order chi connectivity index (χ1) is 16.1. The fourth-order valence-electron chi connectivity index (χ4n) is 4.83. The van der Waals surface area contributed by atoms with Gasteiger partial charge in [0, 0.05) is 29.4 Å². The first kappa shape index (κ1) is 23.7. The van der Waals surface area contributed by atoms with Crippen LogP contribution in [0.15, 0.2) is 48.0 Å². The number of carbonyl (C=O) groups is 2. The summed E-state index contributed by atoms with van der Waals surface area (Å²) in [5, 5.41) is 2.73. The van der Waals surface area contributed by atoms with Crippen molar-refractivity contribution >= 4 is 52.2 Å². The molecule has 0 atom stereocenters. The summed E-state index contributed by atoms with van der Waals surface area (Å²) in [7, 11) is 1.59. The molecule has 1 saturated heterocycles. The number of anilines is 2. The van der Waals surface area contributed by atoms with E-state index in [0.717, 1.165) is 28.9 Å². The number of hydrogen-bond acceptors (Lipinski definition) is 5. The van der Waals surface area contributed by atoms with E-state index in [1.807, 2.05) is 43.3 Å². The molecule has 0 aliphatic carbocycles. The second kappa shape index (κ2) is 8.72. The minimum atomic E-state index is -0.525. The normalized spacial score (nSPS) is 18.6. The molecule has 2 aliphatic rings. The van der Waals surface area contributed by atoms with Crippen LogP contribution < -0.4 is 19.9 Å². The van der Waals surface area contributed by atoms with Gasteiger partial charge in [0.15, 0.2) is 5.11 Å². The van der Waals surface area contributed by atoms with Gasteiger partial charge in [-0.25, -0.2) is 0 Å². The molecule has 0 spiro atoms. The molecular formula is C27H29N3O3S. The van der Waals surface area contributed by atoms with Crippen LogP contribution in [-0.4, -0.2) is 36.1 Å². The molecule has 6 nitrogen and oxygen atoms in total. The maximum absolute atomic E-state index is 13.5. The molecule has 0 radical (unpaired) electrons. The van der Waals surface area contributed by atoms with Crippen molar-refractivity contribution in [2.45, 2.75) is 40.2 Å². The van der Waals surface area contributed by atoms with Gasteiger partial charge in [0.05, 0.1) is 18.3 Å². The zero-order valence-electron chi connectivity index (χ0n) is 20.4. The van der Waals surface area contributed by atoms with Crippen molar-refractivity contribution in [3.63, 3.8) is 0 Å². The summed E-state index contributed by atoms with van der Waals surface area (Å²) in [6, 6.07) is 11.4. The van der Waals surface area contributed by atoms with E-state index in [4.69, 9.17) is 17.0 Å². The van der Waals surface area contributed by atoms with E-state index in [9.17, 15) is 9.59 Å². The summed E-state index contributed by atoms with van der Waals surface area (Å²) in [5.74, 6) is -0.402. The van der Waals surface area contributed by atoms with Crippen LogP contribution in [0.2, 0.25) is 0 Å². The summed E-state index contributed by atoms with van der Waals surface area (Å²) in [6.07, 6.45) is 3.83. The molecule has 4 rings (SSSR count). The quantitative estimate of drug-likeness (QED) is 0.389. The lowest BCUT2D eigenvalue weighted by Crippen LogP contribution is -2.54. The van der Waals surface area contributed by atoms with Gasteiger partial charge in [0.1, 0.15) is 11.3 Å². The maximum atomic E-state index is 13.5. The molecule has 1 fully saturated rings. The summed E-state index contributed by atoms with van der Waals surface area (Å²) in [4.78, 5) is 30.0. The number of carbonyl (C=O) groups excluding carboxylic acids is 2. The van der Waals surface area contributed by atoms with Crippen LogP contribution in [0.1, 0.15) is 44.4 Å². The lowest BCUT2D eigenvalue weighted by Gasteiger charge is -2.43. The van der Waals surface area contributed by atoms with Crippen molar-refractivity contribution in [3.8, 4) is 5.75 Å². The number of aryl methyl sites for hydroxylation is 1. The Kier molecular flexibility index (Phi) is 6.08. The number of nitrogens with zero attached hydrogens (tertiary/aromatic N) is 2. The molecule has 34 heavy (non-hydrogen) atoms. The van der Waals surface area contributed by atoms with E-state index >= 15 is 0 Å². The second-order valence-electron chi connectivity index (χ2n) is 9.08. The average molecular weight is 476 g/mol. The molecule has 2 aromatic rings. The number of likely N-dealkylation sites (N-methyl/N-ethyl adjacent to an activating group) is 1. The van der Waals surface area contributed by atoms with Gasteiger partial charge < -0.3 is 9.64 Å². The highest BCUT2D eigenvalue weighted by molar-refractivity contribution is 7.80. The Morgan fingerprint density at radius 1 is 1.12 bits per heavy atom. The molecule has 2 amide bonds. The van der Waals surface area contributed by atoms with E-state index < -0.39 is 11.8 Å². The minimum Gasteiger partial charge on any atom is -0.496 e. The van der Waals surface area contributed by atoms with Crippen LogP contribution in [0.25, 0.3) is 11.6 Å². The number of hydrogen-bond donors (Lipinski definition) is 1. The number of thiocarbonyl (C=S) groups is 1. The Morgan fingerprint density at radius 2 is 1.82 bits per heavy atom. The number of ether oxygens (including phenoxy) is 1. The highest BCUT2D eigenvalue weighted by Crippen LogP contribution is 2.42. The van der Waals surface area contributed by atoms with Crippen molar-refractivity contribution in [1.29, 1.82) is 0 Å². The lowest BCUT2D eigenvalue weighted by molar-refractivity contribution is -0.122. The topological polar surface area (TPSA) is 61.9 Å². The molecule has 2 aromatic carbocycles. The van der Waals surface area contributed by atoms with Gasteiger partial charge >= 0.3 is 0 Å². The Hall–Kier alpha value is -3.45. The molecule has 0 unspecified atom stereocenters. The van der Waals surface area contributed by atoms with Gasteiger partial charge in [-0.2, -0.15) is 0 Å². The van der Waals surface area contributed by atoms with Crippen LogP contribution >= 0.6 is 12.2 Å². The zero-order valence-corrected chi connectivity index (χ0v) is 21.2. The third kappa shape index (κ3) is 3.90. The zero-order chi connectivity index (χ0) is 24.8. The number of allylic oxidation sites excluding steroid dienone is 1. The summed E-state index contributed by atoms with van der Waals surface area (Å²) < 4.78 is 5.70. The predicted octanol–water partition coefficient (Wildman–Crippen LogP) is 4.86. The molecule has 0 saturated carbocycles. The maximum Gasteiger partial charge on any atom is 0.270 e. The number of amides is 2. The highest BCUT2D eigenvalue weighted by Gasteiger charge is 2.36. The van der Waals surface area contributed by atoms with Crippen LogP contribution in [0.5, 0.6) is 5.75 Å². The largest absolute Gasteiger partial charge is 0.496 e. The van der Waals surface area contributed by atoms with Crippen LogP contribution in [0, 0.1) is 6.92 Å². The van der Waals surface area contributed by atoms with E-state index in [2.05, 4.69) is 44.0 Å².